The van der Waals surface area contributed by atoms with Crippen LogP contribution in [0.4, 0.5) is 0 Å². The third-order valence-electron chi connectivity index (χ3n) is 3.65. The Morgan fingerprint density at radius 1 is 1.21 bits per heavy atom. The second kappa shape index (κ2) is 7.68. The van der Waals surface area contributed by atoms with E-state index in [9.17, 15) is 0 Å². The molecule has 0 atom stereocenters. The summed E-state index contributed by atoms with van der Waals surface area (Å²) < 4.78 is 0. The van der Waals surface area contributed by atoms with Gasteiger partial charge in [-0.3, -0.25) is 4.90 Å². The minimum Gasteiger partial charge on any atom is -0.316 e. The lowest BCUT2D eigenvalue weighted by Crippen LogP contribution is -2.27. The van der Waals surface area contributed by atoms with Gasteiger partial charge in [0.05, 0.1) is 0 Å². The molecule has 1 saturated heterocycles. The van der Waals surface area contributed by atoms with Crippen LogP contribution in [-0.4, -0.2) is 31.1 Å². The number of hydrogen-bond acceptors (Lipinski definition) is 2. The molecule has 1 fully saturated rings. The molecule has 0 spiro atoms. The van der Waals surface area contributed by atoms with Crippen molar-refractivity contribution >= 4 is 11.6 Å². The molecule has 19 heavy (non-hydrogen) atoms. The summed E-state index contributed by atoms with van der Waals surface area (Å²) in [6.45, 7) is 7.20. The van der Waals surface area contributed by atoms with Crippen molar-refractivity contribution in [3.8, 4) is 0 Å². The summed E-state index contributed by atoms with van der Waals surface area (Å²) in [5.74, 6) is 0. The zero-order chi connectivity index (χ0) is 13.5. The number of halogens is 1. The van der Waals surface area contributed by atoms with Crippen molar-refractivity contribution in [2.45, 2.75) is 26.3 Å². The van der Waals surface area contributed by atoms with Crippen molar-refractivity contribution in [2.75, 3.05) is 26.2 Å². The number of nitrogens with one attached hydrogen (secondary N) is 1. The number of rotatable bonds is 5. The molecule has 0 unspecified atom stereocenters. The molecule has 3 heteroatoms. The molecule has 1 aliphatic heterocycles. The van der Waals surface area contributed by atoms with Gasteiger partial charge in [-0.05, 0) is 38.0 Å². The minimum atomic E-state index is 0.877. The van der Waals surface area contributed by atoms with E-state index >= 15 is 0 Å². The van der Waals surface area contributed by atoms with Gasteiger partial charge in [-0.15, -0.1) is 0 Å². The average Bonchev–Trinajstić information content (AvgIpc) is 2.48. The molecule has 1 N–H and O–H groups in total. The average molecular weight is 279 g/mol. The van der Waals surface area contributed by atoms with E-state index in [-0.39, 0.29) is 0 Å². The fourth-order valence-corrected chi connectivity index (χ4v) is 2.79. The van der Waals surface area contributed by atoms with E-state index in [4.69, 9.17) is 11.6 Å². The molecule has 0 radical (unpaired) electrons. The van der Waals surface area contributed by atoms with Crippen molar-refractivity contribution < 1.29 is 0 Å². The summed E-state index contributed by atoms with van der Waals surface area (Å²) in [5.41, 5.74) is 2.79. The summed E-state index contributed by atoms with van der Waals surface area (Å²) in [6.07, 6.45) is 2.20. The van der Waals surface area contributed by atoms with Crippen LogP contribution in [0, 0.1) is 0 Å². The molecule has 2 nitrogen and oxygen atoms in total. The van der Waals surface area contributed by atoms with Crippen LogP contribution in [0.5, 0.6) is 0 Å². The van der Waals surface area contributed by atoms with E-state index in [0.717, 1.165) is 50.6 Å². The smallest absolute Gasteiger partial charge is 0.0344 e. The van der Waals surface area contributed by atoms with Gasteiger partial charge in [-0.25, -0.2) is 0 Å². The summed E-state index contributed by atoms with van der Waals surface area (Å²) in [5, 5.41) is 4.43. The Labute approximate surface area is 121 Å². The summed E-state index contributed by atoms with van der Waals surface area (Å²) in [4.78, 5) is 2.40. The Morgan fingerprint density at radius 2 is 1.89 bits per heavy atom. The van der Waals surface area contributed by atoms with Crippen molar-refractivity contribution in [2.24, 2.45) is 0 Å². The third-order valence-corrected chi connectivity index (χ3v) is 4.04. The first kappa shape index (κ1) is 14.6. The van der Waals surface area contributed by atoms with Gasteiger partial charge in [-0.2, -0.15) is 0 Å². The summed E-state index contributed by atoms with van der Waals surface area (Å²) >= 11 is 6.51. The van der Waals surface area contributed by atoms with Gasteiger partial charge in [0.2, 0.25) is 0 Å². The van der Waals surface area contributed by atoms with Crippen LogP contribution in [0.3, 0.4) is 0 Å². The highest BCUT2D eigenvalue weighted by atomic mass is 35.5. The van der Waals surface area contributed by atoms with E-state index in [2.05, 4.69) is 47.5 Å². The van der Waals surface area contributed by atoms with Crippen molar-refractivity contribution in [1.82, 2.24) is 10.2 Å². The summed E-state index contributed by atoms with van der Waals surface area (Å²) in [6, 6.07) is 10.6. The minimum absolute atomic E-state index is 0.877. The van der Waals surface area contributed by atoms with Crippen LogP contribution in [0.1, 0.15) is 25.3 Å². The molecule has 0 saturated carbocycles. The fraction of sp³-hybridized carbons (Fsp3) is 0.500. The lowest BCUT2D eigenvalue weighted by Gasteiger charge is -2.23. The highest BCUT2D eigenvalue weighted by Crippen LogP contribution is 2.20. The lowest BCUT2D eigenvalue weighted by atomic mass is 10.0. The van der Waals surface area contributed by atoms with E-state index < -0.39 is 0 Å². The van der Waals surface area contributed by atoms with Gasteiger partial charge in [0.1, 0.15) is 0 Å². The van der Waals surface area contributed by atoms with Crippen molar-refractivity contribution in [1.29, 1.82) is 0 Å². The van der Waals surface area contributed by atoms with Gasteiger partial charge in [0.15, 0.2) is 0 Å². The second-order valence-electron chi connectivity index (χ2n) is 5.05. The van der Waals surface area contributed by atoms with Crippen LogP contribution >= 0.6 is 11.6 Å². The van der Waals surface area contributed by atoms with Crippen LogP contribution in [0.15, 0.2) is 40.9 Å². The predicted molar refractivity (Wildman–Crippen MR) is 82.4 cm³/mol. The Hall–Kier alpha value is -0.830. The fourth-order valence-electron chi connectivity index (χ4n) is 2.43. The molecule has 1 aromatic carbocycles. The maximum atomic E-state index is 6.51. The molecule has 104 valence electrons. The zero-order valence-electron chi connectivity index (χ0n) is 11.7. The number of hydrogen-bond donors (Lipinski definition) is 1. The van der Waals surface area contributed by atoms with Gasteiger partial charge < -0.3 is 5.32 Å². The van der Waals surface area contributed by atoms with E-state index in [1.807, 2.05) is 0 Å². The molecule has 0 aliphatic carbocycles. The highest BCUT2D eigenvalue weighted by molar-refractivity contribution is 6.30. The molecule has 0 amide bonds. The standard InChI is InChI=1S/C16H23ClN2/c1-2-19(12-14-6-4-3-5-7-14)13-16(17)15-8-10-18-11-9-15/h3-7,18H,2,8-13H2,1H3. The van der Waals surface area contributed by atoms with E-state index in [1.165, 1.54) is 11.1 Å². The van der Waals surface area contributed by atoms with Crippen LogP contribution in [0.2, 0.25) is 0 Å². The quantitative estimate of drug-likeness (QED) is 0.888. The van der Waals surface area contributed by atoms with Crippen molar-refractivity contribution in [3.05, 3.63) is 46.5 Å². The molecule has 1 heterocycles. The van der Waals surface area contributed by atoms with Crippen molar-refractivity contribution in [3.63, 3.8) is 0 Å². The van der Waals surface area contributed by atoms with E-state index in [1.54, 1.807) is 0 Å². The topological polar surface area (TPSA) is 15.3 Å². The van der Waals surface area contributed by atoms with Crippen LogP contribution in [-0.2, 0) is 6.54 Å². The Morgan fingerprint density at radius 3 is 2.53 bits per heavy atom. The van der Waals surface area contributed by atoms with Crippen LogP contribution in [0.25, 0.3) is 0 Å². The Kier molecular flexibility index (Phi) is 5.90. The Balaban J connectivity index is 1.95. The van der Waals surface area contributed by atoms with Crippen LogP contribution < -0.4 is 5.32 Å². The molecule has 1 aliphatic rings. The predicted octanol–water partition coefficient (Wildman–Crippen LogP) is 3.38. The molecular weight excluding hydrogens is 256 g/mol. The first-order valence-corrected chi connectivity index (χ1v) is 7.50. The van der Waals surface area contributed by atoms with Gasteiger partial charge in [-0.1, -0.05) is 54.4 Å². The first-order chi connectivity index (χ1) is 9.29. The number of nitrogens with zero attached hydrogens (tertiary/aromatic N) is 1. The summed E-state index contributed by atoms with van der Waals surface area (Å²) in [7, 11) is 0. The number of likely N-dealkylation sites (N-methyl/N-ethyl adjacent to an activating group) is 1. The molecule has 1 aromatic rings. The molecule has 0 bridgehead atoms. The van der Waals surface area contributed by atoms with E-state index in [0.29, 0.717) is 0 Å². The highest BCUT2D eigenvalue weighted by Gasteiger charge is 2.12. The maximum absolute atomic E-state index is 6.51. The maximum Gasteiger partial charge on any atom is 0.0344 e. The monoisotopic (exact) mass is 278 g/mol. The largest absolute Gasteiger partial charge is 0.316 e. The molecule has 0 aromatic heterocycles. The second-order valence-corrected chi connectivity index (χ2v) is 5.50. The number of piperidine rings is 1. The zero-order valence-corrected chi connectivity index (χ0v) is 12.4. The normalized spacial score (nSPS) is 15.8. The van der Waals surface area contributed by atoms with Gasteiger partial charge in [0, 0.05) is 18.1 Å². The molecule has 2 rings (SSSR count). The number of benzene rings is 1. The Bertz CT molecular complexity index is 406. The third kappa shape index (κ3) is 4.64. The van der Waals surface area contributed by atoms with Gasteiger partial charge >= 0.3 is 0 Å². The molecular formula is C16H23ClN2. The first-order valence-electron chi connectivity index (χ1n) is 7.13. The van der Waals surface area contributed by atoms with Gasteiger partial charge in [0.25, 0.3) is 0 Å². The SMILES string of the molecule is CCN(CC(Cl)=C1CCNCC1)Cc1ccccc1. The lowest BCUT2D eigenvalue weighted by molar-refractivity contribution is 0.307.